The molecule has 0 spiro atoms. The Hall–Kier alpha value is -2.43. The van der Waals surface area contributed by atoms with Crippen LogP contribution in [0.1, 0.15) is 34.9 Å². The summed E-state index contributed by atoms with van der Waals surface area (Å²) in [5, 5.41) is 9.64. The van der Waals surface area contributed by atoms with Crippen LogP contribution in [0.2, 0.25) is 0 Å². The minimum Gasteiger partial charge on any atom is -0.506 e. The van der Waals surface area contributed by atoms with Crippen LogP contribution in [0.4, 0.5) is 5.69 Å². The highest BCUT2D eigenvalue weighted by atomic mass is 16.3. The minimum absolute atomic E-state index is 0.0496. The smallest absolute Gasteiger partial charge is 0.254 e. The summed E-state index contributed by atoms with van der Waals surface area (Å²) in [4.78, 5) is 17.6. The molecule has 5 nitrogen and oxygen atoms in total. The van der Waals surface area contributed by atoms with E-state index in [9.17, 15) is 9.90 Å². The van der Waals surface area contributed by atoms with E-state index in [1.54, 1.807) is 12.1 Å². The maximum atomic E-state index is 12.6. The Bertz CT molecular complexity index is 622. The Balaban J connectivity index is 1.87. The molecule has 1 aliphatic heterocycles. The Kier molecular flexibility index (Phi) is 3.10. The molecular weight excluding hydrogens is 254 g/mol. The van der Waals surface area contributed by atoms with Gasteiger partial charge in [-0.25, -0.2) is 0 Å². The SMILES string of the molecule is Nc1ccc(C(=O)N2CCCC2c2ccc[nH]2)cc1O. The van der Waals surface area contributed by atoms with E-state index in [2.05, 4.69) is 4.98 Å². The highest BCUT2D eigenvalue weighted by molar-refractivity contribution is 5.95. The number of anilines is 1. The lowest BCUT2D eigenvalue weighted by Gasteiger charge is -2.24. The number of benzene rings is 1. The predicted molar refractivity (Wildman–Crippen MR) is 76.3 cm³/mol. The van der Waals surface area contributed by atoms with E-state index >= 15 is 0 Å². The average Bonchev–Trinajstić information content (AvgIpc) is 3.10. The summed E-state index contributed by atoms with van der Waals surface area (Å²) < 4.78 is 0. The average molecular weight is 271 g/mol. The number of phenolic OH excluding ortho intramolecular Hbond substituents is 1. The molecule has 1 unspecified atom stereocenters. The van der Waals surface area contributed by atoms with E-state index in [0.29, 0.717) is 5.56 Å². The minimum atomic E-state index is -0.0719. The van der Waals surface area contributed by atoms with Gasteiger partial charge in [-0.2, -0.15) is 0 Å². The van der Waals surface area contributed by atoms with Crippen molar-refractivity contribution in [3.63, 3.8) is 0 Å². The van der Waals surface area contributed by atoms with Crippen molar-refractivity contribution in [2.45, 2.75) is 18.9 Å². The van der Waals surface area contributed by atoms with Crippen LogP contribution in [-0.4, -0.2) is 27.4 Å². The lowest BCUT2D eigenvalue weighted by atomic mass is 10.1. The molecule has 3 rings (SSSR count). The van der Waals surface area contributed by atoms with Gasteiger partial charge in [0.2, 0.25) is 0 Å². The monoisotopic (exact) mass is 271 g/mol. The Morgan fingerprint density at radius 2 is 2.25 bits per heavy atom. The third-order valence-corrected chi connectivity index (χ3v) is 3.77. The van der Waals surface area contributed by atoms with Crippen molar-refractivity contribution in [1.29, 1.82) is 0 Å². The number of carbonyl (C=O) groups is 1. The molecule has 1 amide bonds. The second-order valence-electron chi connectivity index (χ2n) is 5.06. The van der Waals surface area contributed by atoms with Gasteiger partial charge in [-0.15, -0.1) is 0 Å². The number of aromatic amines is 1. The standard InChI is InChI=1S/C15H17N3O2/c16-11-6-5-10(9-14(11)19)15(20)18-8-2-4-13(18)12-3-1-7-17-12/h1,3,5-7,9,13,17,19H,2,4,8,16H2. The molecule has 1 aromatic carbocycles. The number of likely N-dealkylation sites (tertiary alicyclic amines) is 1. The molecule has 2 aromatic rings. The fourth-order valence-corrected chi connectivity index (χ4v) is 2.73. The maximum absolute atomic E-state index is 12.6. The molecule has 0 radical (unpaired) electrons. The molecule has 20 heavy (non-hydrogen) atoms. The predicted octanol–water partition coefficient (Wildman–Crippen LogP) is 2.28. The number of aromatic hydroxyl groups is 1. The number of H-pyrrole nitrogens is 1. The van der Waals surface area contributed by atoms with Crippen molar-refractivity contribution in [1.82, 2.24) is 9.88 Å². The van der Waals surface area contributed by atoms with Crippen LogP contribution in [0.25, 0.3) is 0 Å². The number of carbonyl (C=O) groups excluding carboxylic acids is 1. The molecule has 104 valence electrons. The first-order chi connectivity index (χ1) is 9.66. The van der Waals surface area contributed by atoms with Crippen molar-refractivity contribution in [3.8, 4) is 5.75 Å². The highest BCUT2D eigenvalue weighted by Gasteiger charge is 2.31. The van der Waals surface area contributed by atoms with E-state index in [-0.39, 0.29) is 23.4 Å². The third-order valence-electron chi connectivity index (χ3n) is 3.77. The topological polar surface area (TPSA) is 82.4 Å². The Morgan fingerprint density at radius 1 is 1.40 bits per heavy atom. The van der Waals surface area contributed by atoms with E-state index < -0.39 is 0 Å². The number of phenols is 1. The summed E-state index contributed by atoms with van der Waals surface area (Å²) in [5.41, 5.74) is 7.37. The number of hydrogen-bond acceptors (Lipinski definition) is 3. The van der Waals surface area contributed by atoms with Gasteiger partial charge in [0, 0.05) is 24.0 Å². The first-order valence-corrected chi connectivity index (χ1v) is 6.69. The van der Waals surface area contributed by atoms with Crippen molar-refractivity contribution in [3.05, 3.63) is 47.8 Å². The number of nitrogens with one attached hydrogen (secondary N) is 1. The van der Waals surface area contributed by atoms with E-state index in [4.69, 9.17) is 5.73 Å². The number of aromatic nitrogens is 1. The van der Waals surface area contributed by atoms with Gasteiger partial charge in [0.1, 0.15) is 5.75 Å². The van der Waals surface area contributed by atoms with Gasteiger partial charge in [0.25, 0.3) is 5.91 Å². The quantitative estimate of drug-likeness (QED) is 0.579. The zero-order valence-corrected chi connectivity index (χ0v) is 11.0. The summed E-state index contributed by atoms with van der Waals surface area (Å²) in [6.45, 7) is 0.730. The molecule has 1 aliphatic rings. The van der Waals surface area contributed by atoms with E-state index in [1.807, 2.05) is 23.2 Å². The van der Waals surface area contributed by atoms with Gasteiger partial charge in [-0.05, 0) is 43.2 Å². The summed E-state index contributed by atoms with van der Waals surface area (Å²) in [6.07, 6.45) is 3.80. The first kappa shape index (κ1) is 12.6. The van der Waals surface area contributed by atoms with Crippen molar-refractivity contribution in [2.75, 3.05) is 12.3 Å². The molecular formula is C15H17N3O2. The highest BCUT2D eigenvalue weighted by Crippen LogP contribution is 2.33. The molecule has 2 heterocycles. The Morgan fingerprint density at radius 3 is 2.95 bits per heavy atom. The van der Waals surface area contributed by atoms with E-state index in [0.717, 1.165) is 25.1 Å². The molecule has 1 atom stereocenters. The van der Waals surface area contributed by atoms with Crippen LogP contribution >= 0.6 is 0 Å². The summed E-state index contributed by atoms with van der Waals surface area (Å²) in [5.74, 6) is -0.121. The molecule has 4 N–H and O–H groups in total. The second kappa shape index (κ2) is 4.92. The third kappa shape index (κ3) is 2.11. The van der Waals surface area contributed by atoms with Crippen LogP contribution in [-0.2, 0) is 0 Å². The van der Waals surface area contributed by atoms with Crippen LogP contribution in [0, 0.1) is 0 Å². The number of nitrogen functional groups attached to an aromatic ring is 1. The van der Waals surface area contributed by atoms with E-state index in [1.165, 1.54) is 6.07 Å². The van der Waals surface area contributed by atoms with Crippen molar-refractivity contribution < 1.29 is 9.90 Å². The summed E-state index contributed by atoms with van der Waals surface area (Å²) >= 11 is 0. The number of nitrogens with zero attached hydrogens (tertiary/aromatic N) is 1. The molecule has 0 aliphatic carbocycles. The van der Waals surface area contributed by atoms with Gasteiger partial charge in [0.05, 0.1) is 11.7 Å². The number of amides is 1. The molecule has 1 saturated heterocycles. The van der Waals surface area contributed by atoms with Crippen LogP contribution in [0.3, 0.4) is 0 Å². The van der Waals surface area contributed by atoms with Gasteiger partial charge in [-0.1, -0.05) is 0 Å². The molecule has 5 heteroatoms. The van der Waals surface area contributed by atoms with Crippen LogP contribution < -0.4 is 5.73 Å². The lowest BCUT2D eigenvalue weighted by molar-refractivity contribution is 0.0733. The van der Waals surface area contributed by atoms with Crippen molar-refractivity contribution >= 4 is 11.6 Å². The number of rotatable bonds is 2. The van der Waals surface area contributed by atoms with Gasteiger partial charge >= 0.3 is 0 Å². The van der Waals surface area contributed by atoms with Gasteiger partial charge < -0.3 is 20.7 Å². The molecule has 1 aromatic heterocycles. The number of hydrogen-bond donors (Lipinski definition) is 3. The zero-order chi connectivity index (χ0) is 14.1. The molecule has 0 bridgehead atoms. The van der Waals surface area contributed by atoms with Gasteiger partial charge in [0.15, 0.2) is 0 Å². The zero-order valence-electron chi connectivity index (χ0n) is 11.0. The van der Waals surface area contributed by atoms with Crippen LogP contribution in [0.5, 0.6) is 5.75 Å². The maximum Gasteiger partial charge on any atom is 0.254 e. The summed E-state index contributed by atoms with van der Waals surface area (Å²) in [7, 11) is 0. The fourth-order valence-electron chi connectivity index (χ4n) is 2.73. The lowest BCUT2D eigenvalue weighted by Crippen LogP contribution is -2.30. The largest absolute Gasteiger partial charge is 0.506 e. The summed E-state index contributed by atoms with van der Waals surface area (Å²) in [6, 6.07) is 8.66. The second-order valence-corrected chi connectivity index (χ2v) is 5.06. The number of nitrogens with two attached hydrogens (primary N) is 1. The Labute approximate surface area is 117 Å². The molecule has 1 fully saturated rings. The van der Waals surface area contributed by atoms with Gasteiger partial charge in [-0.3, -0.25) is 4.79 Å². The normalized spacial score (nSPS) is 18.4. The van der Waals surface area contributed by atoms with Crippen molar-refractivity contribution in [2.24, 2.45) is 0 Å². The first-order valence-electron chi connectivity index (χ1n) is 6.69. The van der Waals surface area contributed by atoms with Crippen LogP contribution in [0.15, 0.2) is 36.5 Å². The molecule has 0 saturated carbocycles. The fraction of sp³-hybridized carbons (Fsp3) is 0.267.